The zero-order chi connectivity index (χ0) is 20.8. The predicted molar refractivity (Wildman–Crippen MR) is 115 cm³/mol. The lowest BCUT2D eigenvalue weighted by atomic mass is 10.2. The molecule has 0 spiro atoms. The van der Waals surface area contributed by atoms with E-state index in [1.54, 1.807) is 19.2 Å². The second-order valence-electron chi connectivity index (χ2n) is 7.48. The molecule has 0 saturated carbocycles. The SMILES string of the molecule is COc1ccccc1NC(=O)CSc1nc(=O)n(CCC[NH+](C)C)c2c1CCC2. The molecule has 1 aromatic heterocycles. The summed E-state index contributed by atoms with van der Waals surface area (Å²) in [6.07, 6.45) is 3.80. The van der Waals surface area contributed by atoms with Gasteiger partial charge in [-0.2, -0.15) is 4.98 Å². The third-order valence-corrected chi connectivity index (χ3v) is 6.00. The molecule has 7 nitrogen and oxygen atoms in total. The number of benzene rings is 1. The molecule has 0 saturated heterocycles. The number of carbonyl (C=O) groups is 1. The van der Waals surface area contributed by atoms with E-state index in [9.17, 15) is 9.59 Å². The lowest BCUT2D eigenvalue weighted by Crippen LogP contribution is -3.05. The highest BCUT2D eigenvalue weighted by Crippen LogP contribution is 2.30. The first-order valence-corrected chi connectivity index (χ1v) is 11.0. The monoisotopic (exact) mass is 417 g/mol. The second-order valence-corrected chi connectivity index (χ2v) is 8.44. The fraction of sp³-hybridized carbons (Fsp3) is 0.476. The van der Waals surface area contributed by atoms with Gasteiger partial charge in [0.2, 0.25) is 5.91 Å². The Kier molecular flexibility index (Phi) is 7.33. The molecule has 0 fully saturated rings. The average Bonchev–Trinajstić information content (AvgIpc) is 3.18. The van der Waals surface area contributed by atoms with Crippen LogP contribution in [0.3, 0.4) is 0 Å². The maximum atomic E-state index is 12.6. The van der Waals surface area contributed by atoms with E-state index in [-0.39, 0.29) is 17.3 Å². The lowest BCUT2D eigenvalue weighted by molar-refractivity contribution is -0.858. The third kappa shape index (κ3) is 5.39. The Labute approximate surface area is 175 Å². The Balaban J connectivity index is 1.68. The molecule has 0 unspecified atom stereocenters. The van der Waals surface area contributed by atoms with E-state index in [4.69, 9.17) is 4.74 Å². The van der Waals surface area contributed by atoms with Gasteiger partial charge in [0.05, 0.1) is 39.2 Å². The van der Waals surface area contributed by atoms with E-state index < -0.39 is 0 Å². The van der Waals surface area contributed by atoms with Crippen molar-refractivity contribution >= 4 is 23.4 Å². The number of fused-ring (bicyclic) bond motifs is 1. The number of hydrogen-bond donors (Lipinski definition) is 2. The quantitative estimate of drug-likeness (QED) is 0.470. The summed E-state index contributed by atoms with van der Waals surface area (Å²) in [5.74, 6) is 0.670. The summed E-state index contributed by atoms with van der Waals surface area (Å²) in [6.45, 7) is 1.72. The molecule has 1 aliphatic rings. The first kappa shape index (κ1) is 21.4. The number of hydrogen-bond acceptors (Lipinski definition) is 5. The first-order valence-electron chi connectivity index (χ1n) is 9.97. The zero-order valence-corrected chi connectivity index (χ0v) is 18.1. The van der Waals surface area contributed by atoms with Gasteiger partial charge < -0.3 is 15.0 Å². The number of quaternary nitrogens is 1. The Morgan fingerprint density at radius 1 is 1.31 bits per heavy atom. The molecule has 1 aromatic carbocycles. The van der Waals surface area contributed by atoms with Gasteiger partial charge in [-0.05, 0) is 31.4 Å². The Morgan fingerprint density at radius 2 is 2.10 bits per heavy atom. The Hall–Kier alpha value is -2.32. The summed E-state index contributed by atoms with van der Waals surface area (Å²) in [5.41, 5.74) is 2.67. The van der Waals surface area contributed by atoms with E-state index in [1.807, 2.05) is 16.7 Å². The zero-order valence-electron chi connectivity index (χ0n) is 17.3. The topological polar surface area (TPSA) is 77.7 Å². The standard InChI is InChI=1S/C21H28N4O3S/c1-24(2)12-7-13-25-17-10-6-8-15(17)20(23-21(25)27)29-14-19(26)22-16-9-4-5-11-18(16)28-3/h4-5,9,11H,6-8,10,12-14H2,1-3H3,(H,22,26)/p+1. The van der Waals surface area contributed by atoms with Crippen LogP contribution in [0, 0.1) is 0 Å². The van der Waals surface area contributed by atoms with Crippen LogP contribution in [-0.2, 0) is 24.2 Å². The number of thioether (sulfide) groups is 1. The van der Waals surface area contributed by atoms with Crippen molar-refractivity contribution in [3.05, 3.63) is 46.0 Å². The van der Waals surface area contributed by atoms with Gasteiger partial charge in [-0.1, -0.05) is 23.9 Å². The smallest absolute Gasteiger partial charge is 0.348 e. The molecule has 3 rings (SSSR count). The first-order chi connectivity index (χ1) is 14.0. The summed E-state index contributed by atoms with van der Waals surface area (Å²) in [7, 11) is 5.80. The molecule has 2 N–H and O–H groups in total. The van der Waals surface area contributed by atoms with E-state index in [1.165, 1.54) is 16.7 Å². The number of nitrogens with zero attached hydrogens (tertiary/aromatic N) is 2. The summed E-state index contributed by atoms with van der Waals surface area (Å²) in [6, 6.07) is 7.30. The highest BCUT2D eigenvalue weighted by Gasteiger charge is 2.22. The van der Waals surface area contributed by atoms with Crippen molar-refractivity contribution in [1.29, 1.82) is 0 Å². The van der Waals surface area contributed by atoms with Crippen LogP contribution in [0.25, 0.3) is 0 Å². The Morgan fingerprint density at radius 3 is 2.86 bits per heavy atom. The van der Waals surface area contributed by atoms with Crippen molar-refractivity contribution in [2.45, 2.75) is 37.3 Å². The summed E-state index contributed by atoms with van der Waals surface area (Å²) < 4.78 is 7.10. The molecule has 156 valence electrons. The minimum Gasteiger partial charge on any atom is -0.495 e. The van der Waals surface area contributed by atoms with Crippen molar-refractivity contribution < 1.29 is 14.4 Å². The van der Waals surface area contributed by atoms with Crippen LogP contribution in [0.2, 0.25) is 0 Å². The molecule has 1 amide bonds. The average molecular weight is 418 g/mol. The fourth-order valence-corrected chi connectivity index (χ4v) is 4.47. The predicted octanol–water partition coefficient (Wildman–Crippen LogP) is 1.01. The minimum atomic E-state index is -0.202. The number of rotatable bonds is 9. The molecule has 0 bridgehead atoms. The van der Waals surface area contributed by atoms with Crippen molar-refractivity contribution in [2.24, 2.45) is 0 Å². The molecule has 29 heavy (non-hydrogen) atoms. The minimum absolute atomic E-state index is 0.147. The molecule has 8 heteroatoms. The van der Waals surface area contributed by atoms with Crippen LogP contribution >= 0.6 is 11.8 Å². The normalized spacial score (nSPS) is 12.8. The number of carbonyl (C=O) groups excluding carboxylic acids is 1. The van der Waals surface area contributed by atoms with Crippen LogP contribution in [-0.4, -0.2) is 49.0 Å². The number of aromatic nitrogens is 2. The van der Waals surface area contributed by atoms with Gasteiger partial charge in [0.25, 0.3) is 0 Å². The van der Waals surface area contributed by atoms with Gasteiger partial charge >= 0.3 is 5.69 Å². The van der Waals surface area contributed by atoms with Gasteiger partial charge in [0, 0.05) is 24.2 Å². The Bertz CT molecular complexity index is 927. The number of para-hydroxylation sites is 2. The van der Waals surface area contributed by atoms with Crippen molar-refractivity contribution in [1.82, 2.24) is 9.55 Å². The van der Waals surface area contributed by atoms with E-state index in [0.717, 1.165) is 43.5 Å². The lowest BCUT2D eigenvalue weighted by Gasteiger charge is -2.15. The maximum Gasteiger partial charge on any atom is 0.348 e. The van der Waals surface area contributed by atoms with Crippen molar-refractivity contribution in [3.63, 3.8) is 0 Å². The van der Waals surface area contributed by atoms with Crippen molar-refractivity contribution in [2.75, 3.05) is 38.8 Å². The molecule has 1 aliphatic carbocycles. The van der Waals surface area contributed by atoms with Crippen LogP contribution < -0.4 is 20.6 Å². The van der Waals surface area contributed by atoms with E-state index in [0.29, 0.717) is 23.0 Å². The van der Waals surface area contributed by atoms with Crippen LogP contribution in [0.1, 0.15) is 24.1 Å². The largest absolute Gasteiger partial charge is 0.495 e. The summed E-state index contributed by atoms with van der Waals surface area (Å²) in [4.78, 5) is 30.7. The van der Waals surface area contributed by atoms with Gasteiger partial charge in [0.15, 0.2) is 0 Å². The van der Waals surface area contributed by atoms with Crippen molar-refractivity contribution in [3.8, 4) is 5.75 Å². The van der Waals surface area contributed by atoms with Crippen LogP contribution in [0.5, 0.6) is 5.75 Å². The molecule has 1 heterocycles. The molecular weight excluding hydrogens is 388 g/mol. The molecule has 0 atom stereocenters. The third-order valence-electron chi connectivity index (χ3n) is 4.98. The van der Waals surface area contributed by atoms with Gasteiger partial charge in [-0.3, -0.25) is 9.36 Å². The summed E-state index contributed by atoms with van der Waals surface area (Å²) >= 11 is 1.34. The fourth-order valence-electron chi connectivity index (χ4n) is 3.59. The van der Waals surface area contributed by atoms with Gasteiger partial charge in [0.1, 0.15) is 10.8 Å². The molecule has 2 aromatic rings. The maximum absolute atomic E-state index is 12.6. The number of ether oxygens (including phenoxy) is 1. The van der Waals surface area contributed by atoms with E-state index in [2.05, 4.69) is 24.4 Å². The number of anilines is 1. The highest BCUT2D eigenvalue weighted by atomic mass is 32.2. The molecule has 0 aliphatic heterocycles. The van der Waals surface area contributed by atoms with Crippen LogP contribution in [0.4, 0.5) is 5.69 Å². The summed E-state index contributed by atoms with van der Waals surface area (Å²) in [5, 5.41) is 3.57. The van der Waals surface area contributed by atoms with Crippen LogP contribution in [0.15, 0.2) is 34.1 Å². The van der Waals surface area contributed by atoms with Gasteiger partial charge in [-0.25, -0.2) is 4.79 Å². The van der Waals surface area contributed by atoms with Gasteiger partial charge in [-0.15, -0.1) is 0 Å². The molecule has 0 radical (unpaired) electrons. The number of amides is 1. The second kappa shape index (κ2) is 9.93. The highest BCUT2D eigenvalue weighted by molar-refractivity contribution is 8.00. The van der Waals surface area contributed by atoms with E-state index >= 15 is 0 Å². The number of nitrogens with one attached hydrogen (secondary N) is 2. The molecular formula is C21H29N4O3S+. The number of methoxy groups -OCH3 is 1.